The molecule has 1 saturated heterocycles. The maximum absolute atomic E-state index is 12.9. The highest BCUT2D eigenvalue weighted by Crippen LogP contribution is 2.29. The third-order valence-corrected chi connectivity index (χ3v) is 6.49. The number of carboxylic acid groups (broad SMARTS) is 1. The van der Waals surface area contributed by atoms with Gasteiger partial charge in [-0.3, -0.25) is 4.79 Å². The third-order valence-electron chi connectivity index (χ3n) is 4.64. The number of hydrogen-bond acceptors (Lipinski definition) is 4. The summed E-state index contributed by atoms with van der Waals surface area (Å²) in [5, 5.41) is 13.2. The van der Waals surface area contributed by atoms with Crippen molar-refractivity contribution in [2.75, 3.05) is 26.2 Å². The van der Waals surface area contributed by atoms with E-state index in [1.54, 1.807) is 12.1 Å². The van der Waals surface area contributed by atoms with Crippen LogP contribution in [0.15, 0.2) is 36.4 Å². The van der Waals surface area contributed by atoms with Gasteiger partial charge in [0.1, 0.15) is 5.75 Å². The molecule has 0 saturated carbocycles. The predicted octanol–water partition coefficient (Wildman–Crippen LogP) is 3.67. The molecule has 1 amide bonds. The number of carbonyl (C=O) groups excluding carboxylic acids is 1. The normalized spacial score (nSPS) is 16.5. The maximum Gasteiger partial charge on any atom is 0.335 e. The van der Waals surface area contributed by atoms with Gasteiger partial charge in [-0.2, -0.15) is 0 Å². The number of ether oxygens (including phenoxy) is 1. The summed E-state index contributed by atoms with van der Waals surface area (Å²) in [4.78, 5) is 25.9. The van der Waals surface area contributed by atoms with E-state index in [1.165, 1.54) is 0 Å². The van der Waals surface area contributed by atoms with Gasteiger partial charge in [0, 0.05) is 30.7 Å². The molecule has 1 atom stereocenters. The second-order valence-corrected chi connectivity index (χ2v) is 9.40. The summed E-state index contributed by atoms with van der Waals surface area (Å²) >= 11 is 10.0. The van der Waals surface area contributed by atoms with Crippen molar-refractivity contribution in [2.45, 2.75) is 12.5 Å². The number of aromatic carboxylic acids is 1. The summed E-state index contributed by atoms with van der Waals surface area (Å²) in [7, 11) is 0. The average Bonchev–Trinajstić information content (AvgIpc) is 2.69. The first-order chi connectivity index (χ1) is 13.8. The lowest BCUT2D eigenvalue weighted by atomic mass is 10.0. The zero-order valence-electron chi connectivity index (χ0n) is 15.3. The minimum Gasteiger partial charge on any atom is -0.482 e. The Labute approximate surface area is 201 Å². The number of nitrogens with one attached hydrogen (secondary N) is 1. The van der Waals surface area contributed by atoms with Crippen LogP contribution in [0.2, 0.25) is 5.02 Å². The molecule has 2 N–H and O–H groups in total. The van der Waals surface area contributed by atoms with E-state index in [4.69, 9.17) is 21.4 Å². The van der Waals surface area contributed by atoms with E-state index in [-0.39, 0.29) is 24.1 Å². The van der Waals surface area contributed by atoms with Crippen molar-refractivity contribution in [1.82, 2.24) is 10.2 Å². The van der Waals surface area contributed by atoms with Crippen molar-refractivity contribution in [3.63, 3.8) is 0 Å². The van der Waals surface area contributed by atoms with Crippen LogP contribution in [0.5, 0.6) is 5.75 Å². The number of nitrogens with zero attached hydrogens (tertiary/aromatic N) is 1. The van der Waals surface area contributed by atoms with Crippen LogP contribution < -0.4 is 10.1 Å². The average molecular weight is 641 g/mol. The fourth-order valence-corrected chi connectivity index (χ4v) is 5.41. The number of rotatable bonds is 6. The third kappa shape index (κ3) is 5.96. The number of piperazine rings is 1. The maximum atomic E-state index is 12.9. The van der Waals surface area contributed by atoms with Crippen LogP contribution in [0, 0.1) is 7.14 Å². The zero-order chi connectivity index (χ0) is 21.0. The van der Waals surface area contributed by atoms with Crippen LogP contribution in [0.1, 0.15) is 15.9 Å². The highest BCUT2D eigenvalue weighted by molar-refractivity contribution is 14.1. The number of hydrogen-bond donors (Lipinski definition) is 2. The summed E-state index contributed by atoms with van der Waals surface area (Å²) in [6.07, 6.45) is 0.734. The topological polar surface area (TPSA) is 78.9 Å². The van der Waals surface area contributed by atoms with E-state index in [0.717, 1.165) is 25.1 Å². The Morgan fingerprint density at radius 3 is 2.48 bits per heavy atom. The SMILES string of the molecule is O=C(O)c1cc(I)c(OCC(=O)N2CCNCC2Cc2ccc(Cl)cc2)c(I)c1. The predicted molar refractivity (Wildman–Crippen MR) is 128 cm³/mol. The van der Waals surface area contributed by atoms with E-state index in [2.05, 4.69) is 5.32 Å². The van der Waals surface area contributed by atoms with Crippen LogP contribution in [0.3, 0.4) is 0 Å². The van der Waals surface area contributed by atoms with Crippen molar-refractivity contribution in [3.05, 3.63) is 59.7 Å². The number of amides is 1. The van der Waals surface area contributed by atoms with Gasteiger partial charge in [-0.15, -0.1) is 0 Å². The molecule has 0 bridgehead atoms. The van der Waals surface area contributed by atoms with Gasteiger partial charge >= 0.3 is 5.97 Å². The van der Waals surface area contributed by atoms with E-state index in [9.17, 15) is 9.59 Å². The number of benzene rings is 2. The Balaban J connectivity index is 1.67. The summed E-state index contributed by atoms with van der Waals surface area (Å²) in [5.41, 5.74) is 1.32. The zero-order valence-corrected chi connectivity index (χ0v) is 20.4. The molecule has 0 spiro atoms. The molecule has 29 heavy (non-hydrogen) atoms. The van der Waals surface area contributed by atoms with Gasteiger partial charge in [0.25, 0.3) is 5.91 Å². The first-order valence-electron chi connectivity index (χ1n) is 8.95. The summed E-state index contributed by atoms with van der Waals surface area (Å²) in [6.45, 7) is 1.99. The summed E-state index contributed by atoms with van der Waals surface area (Å²) in [6, 6.07) is 10.8. The van der Waals surface area contributed by atoms with Crippen molar-refractivity contribution < 1.29 is 19.4 Å². The molecule has 0 aromatic heterocycles. The van der Waals surface area contributed by atoms with Crippen LogP contribution in [-0.4, -0.2) is 54.2 Å². The van der Waals surface area contributed by atoms with Crippen molar-refractivity contribution in [2.24, 2.45) is 0 Å². The smallest absolute Gasteiger partial charge is 0.335 e. The quantitative estimate of drug-likeness (QED) is 0.472. The van der Waals surface area contributed by atoms with Gasteiger partial charge in [0.05, 0.1) is 12.7 Å². The second kappa shape index (κ2) is 10.3. The lowest BCUT2D eigenvalue weighted by Gasteiger charge is -2.36. The first-order valence-corrected chi connectivity index (χ1v) is 11.5. The largest absolute Gasteiger partial charge is 0.482 e. The van der Waals surface area contributed by atoms with E-state index in [0.29, 0.717) is 24.5 Å². The molecule has 154 valence electrons. The summed E-state index contributed by atoms with van der Waals surface area (Å²) < 4.78 is 7.12. The van der Waals surface area contributed by atoms with Gasteiger partial charge in [0.2, 0.25) is 0 Å². The molecular weight excluding hydrogens is 621 g/mol. The standard InChI is InChI=1S/C20H19ClI2N2O4/c21-14-3-1-12(2-4-14)7-15-10-24-5-6-25(15)18(26)11-29-19-16(22)8-13(20(27)28)9-17(19)23/h1-4,8-9,15,24H,5-7,10-11H2,(H,27,28). The number of carbonyl (C=O) groups is 2. The minimum absolute atomic E-state index is 0.0357. The first kappa shape index (κ1) is 22.6. The lowest BCUT2D eigenvalue weighted by Crippen LogP contribution is -2.55. The Bertz CT molecular complexity index is 885. The fourth-order valence-electron chi connectivity index (χ4n) is 3.20. The lowest BCUT2D eigenvalue weighted by molar-refractivity contribution is -0.136. The van der Waals surface area contributed by atoms with E-state index < -0.39 is 5.97 Å². The molecule has 1 aliphatic rings. The molecule has 1 aliphatic heterocycles. The molecule has 1 fully saturated rings. The van der Waals surface area contributed by atoms with Gasteiger partial charge in [0.15, 0.2) is 6.61 Å². The molecule has 3 rings (SSSR count). The fraction of sp³-hybridized carbons (Fsp3) is 0.300. The molecule has 0 aliphatic carbocycles. The second-order valence-electron chi connectivity index (χ2n) is 6.64. The highest BCUT2D eigenvalue weighted by Gasteiger charge is 2.27. The van der Waals surface area contributed by atoms with Gasteiger partial charge in [-0.25, -0.2) is 4.79 Å². The van der Waals surface area contributed by atoms with Gasteiger partial charge in [-0.1, -0.05) is 23.7 Å². The van der Waals surface area contributed by atoms with Crippen LogP contribution >= 0.6 is 56.8 Å². The Hall–Kier alpha value is -1.11. The Morgan fingerprint density at radius 2 is 1.86 bits per heavy atom. The van der Waals surface area contributed by atoms with Crippen molar-refractivity contribution in [1.29, 1.82) is 0 Å². The van der Waals surface area contributed by atoms with Crippen LogP contribution in [0.4, 0.5) is 0 Å². The monoisotopic (exact) mass is 640 g/mol. The van der Waals surface area contributed by atoms with Crippen molar-refractivity contribution >= 4 is 68.7 Å². The van der Waals surface area contributed by atoms with Gasteiger partial charge in [-0.05, 0) is 81.4 Å². The molecule has 0 radical (unpaired) electrons. The molecule has 9 heteroatoms. The van der Waals surface area contributed by atoms with Gasteiger partial charge < -0.3 is 20.1 Å². The molecule has 2 aromatic carbocycles. The van der Waals surface area contributed by atoms with Crippen LogP contribution in [-0.2, 0) is 11.2 Å². The van der Waals surface area contributed by atoms with E-state index >= 15 is 0 Å². The Morgan fingerprint density at radius 1 is 1.21 bits per heavy atom. The molecule has 2 aromatic rings. The molecule has 6 nitrogen and oxygen atoms in total. The molecular formula is C20H19ClI2N2O4. The number of halogens is 3. The highest BCUT2D eigenvalue weighted by atomic mass is 127. The van der Waals surface area contributed by atoms with Crippen molar-refractivity contribution in [3.8, 4) is 5.75 Å². The minimum atomic E-state index is -0.991. The Kier molecular flexibility index (Phi) is 7.99. The number of carboxylic acids is 1. The van der Waals surface area contributed by atoms with Crippen LogP contribution in [0.25, 0.3) is 0 Å². The molecule has 1 heterocycles. The van der Waals surface area contributed by atoms with E-state index in [1.807, 2.05) is 74.3 Å². The molecule has 1 unspecified atom stereocenters. The summed E-state index contributed by atoms with van der Waals surface area (Å²) in [5.74, 6) is -0.539.